The molecule has 4 N–H and O–H groups in total. The number of fused-ring (bicyclic) bond motifs is 1. The van der Waals surface area contributed by atoms with Crippen molar-refractivity contribution in [3.05, 3.63) is 76.2 Å². The summed E-state index contributed by atoms with van der Waals surface area (Å²) in [5.41, 5.74) is 7.40. The standard InChI is InChI=1S/C23H20ClFN4O3/c24-17-9-3-5-13(20(17)25)11-27-21(30)14-7-4-8-15(14)22(31)28-18-12-29(23(26)32)19-10-2-1-6-16(18)19/h1-3,5-6,9-10,12H,4,7-8,11H2,(H2,26,32)(H,27,30)(H,28,31). The second kappa shape index (κ2) is 8.84. The Bertz CT molecular complexity index is 1280. The third-order valence-electron chi connectivity index (χ3n) is 5.43. The second-order valence-electron chi connectivity index (χ2n) is 7.43. The maximum atomic E-state index is 14.1. The zero-order valence-corrected chi connectivity index (χ0v) is 17.7. The number of carbonyl (C=O) groups is 3. The smallest absolute Gasteiger partial charge is 0.323 e. The average Bonchev–Trinajstić information content (AvgIpc) is 3.40. The Morgan fingerprint density at radius 3 is 2.50 bits per heavy atom. The van der Waals surface area contributed by atoms with Crippen LogP contribution in [0.15, 0.2) is 59.8 Å². The van der Waals surface area contributed by atoms with Crippen molar-refractivity contribution >= 4 is 46.0 Å². The molecule has 0 atom stereocenters. The van der Waals surface area contributed by atoms with E-state index in [4.69, 9.17) is 17.3 Å². The Morgan fingerprint density at radius 1 is 1.03 bits per heavy atom. The van der Waals surface area contributed by atoms with E-state index >= 15 is 0 Å². The van der Waals surface area contributed by atoms with Gasteiger partial charge >= 0.3 is 6.03 Å². The molecule has 1 aliphatic carbocycles. The number of nitrogens with two attached hydrogens (primary N) is 1. The van der Waals surface area contributed by atoms with Crippen LogP contribution in [-0.4, -0.2) is 22.4 Å². The van der Waals surface area contributed by atoms with E-state index in [1.54, 1.807) is 30.3 Å². The van der Waals surface area contributed by atoms with Crippen LogP contribution < -0.4 is 16.4 Å². The lowest BCUT2D eigenvalue weighted by atomic mass is 10.1. The average molecular weight is 455 g/mol. The van der Waals surface area contributed by atoms with Gasteiger partial charge in [-0.15, -0.1) is 0 Å². The van der Waals surface area contributed by atoms with E-state index in [0.717, 1.165) is 0 Å². The lowest BCUT2D eigenvalue weighted by Crippen LogP contribution is -2.26. The molecule has 0 fully saturated rings. The molecule has 1 aliphatic rings. The molecule has 0 saturated carbocycles. The molecule has 1 heterocycles. The summed E-state index contributed by atoms with van der Waals surface area (Å²) < 4.78 is 15.3. The number of benzene rings is 2. The molecule has 3 aromatic rings. The highest BCUT2D eigenvalue weighted by atomic mass is 35.5. The Balaban J connectivity index is 1.54. The van der Waals surface area contributed by atoms with E-state index < -0.39 is 23.7 Å². The van der Waals surface area contributed by atoms with Gasteiger partial charge in [-0.05, 0) is 31.4 Å². The van der Waals surface area contributed by atoms with Crippen molar-refractivity contribution < 1.29 is 18.8 Å². The molecule has 2 aromatic carbocycles. The Labute approximate surface area is 188 Å². The topological polar surface area (TPSA) is 106 Å². The van der Waals surface area contributed by atoms with Crippen molar-refractivity contribution in [2.24, 2.45) is 5.73 Å². The number of anilines is 1. The summed E-state index contributed by atoms with van der Waals surface area (Å²) in [5, 5.41) is 6.09. The zero-order valence-electron chi connectivity index (χ0n) is 17.0. The first kappa shape index (κ1) is 21.6. The van der Waals surface area contributed by atoms with Gasteiger partial charge in [0.2, 0.25) is 5.91 Å². The molecule has 0 unspecified atom stereocenters. The summed E-state index contributed by atoms with van der Waals surface area (Å²) >= 11 is 5.78. The van der Waals surface area contributed by atoms with Crippen LogP contribution in [-0.2, 0) is 16.1 Å². The van der Waals surface area contributed by atoms with E-state index in [0.29, 0.717) is 47.0 Å². The molecule has 4 rings (SSSR count). The molecule has 0 spiro atoms. The Kier molecular flexibility index (Phi) is 5.96. The first-order valence-electron chi connectivity index (χ1n) is 10.0. The summed E-state index contributed by atoms with van der Waals surface area (Å²) in [5.74, 6) is -1.43. The van der Waals surface area contributed by atoms with Crippen molar-refractivity contribution in [3.8, 4) is 0 Å². The highest BCUT2D eigenvalue weighted by molar-refractivity contribution is 6.30. The van der Waals surface area contributed by atoms with Gasteiger partial charge in [0.1, 0.15) is 5.82 Å². The van der Waals surface area contributed by atoms with Crippen molar-refractivity contribution in [1.29, 1.82) is 0 Å². The number of hydrogen-bond acceptors (Lipinski definition) is 3. The number of rotatable bonds is 5. The van der Waals surface area contributed by atoms with Gasteiger partial charge in [0, 0.05) is 34.8 Å². The largest absolute Gasteiger partial charge is 0.351 e. The van der Waals surface area contributed by atoms with E-state index in [1.807, 2.05) is 0 Å². The molecule has 0 bridgehead atoms. The molecule has 0 aliphatic heterocycles. The van der Waals surface area contributed by atoms with Crippen LogP contribution in [0, 0.1) is 5.82 Å². The van der Waals surface area contributed by atoms with Gasteiger partial charge in [-0.2, -0.15) is 0 Å². The normalized spacial score (nSPS) is 13.4. The Morgan fingerprint density at radius 2 is 1.75 bits per heavy atom. The number of nitrogens with zero attached hydrogens (tertiary/aromatic N) is 1. The number of aromatic nitrogens is 1. The highest BCUT2D eigenvalue weighted by Gasteiger charge is 2.26. The fraction of sp³-hybridized carbons (Fsp3) is 0.174. The van der Waals surface area contributed by atoms with Crippen molar-refractivity contribution in [1.82, 2.24) is 9.88 Å². The molecule has 3 amide bonds. The molecule has 0 radical (unpaired) electrons. The SMILES string of the molecule is NC(=O)n1cc(NC(=O)C2=C(C(=O)NCc3cccc(Cl)c3F)CCC2)c2ccccc21. The first-order valence-corrected chi connectivity index (χ1v) is 10.4. The van der Waals surface area contributed by atoms with E-state index in [1.165, 1.54) is 22.9 Å². The van der Waals surface area contributed by atoms with Crippen LogP contribution in [0.25, 0.3) is 10.9 Å². The summed E-state index contributed by atoms with van der Waals surface area (Å²) in [6, 6.07) is 10.9. The van der Waals surface area contributed by atoms with Gasteiger partial charge in [0.05, 0.1) is 16.2 Å². The van der Waals surface area contributed by atoms with Crippen LogP contribution >= 0.6 is 11.6 Å². The lowest BCUT2D eigenvalue weighted by Gasteiger charge is -2.10. The maximum Gasteiger partial charge on any atom is 0.323 e. The summed E-state index contributed by atoms with van der Waals surface area (Å²) in [7, 11) is 0. The predicted molar refractivity (Wildman–Crippen MR) is 120 cm³/mol. The lowest BCUT2D eigenvalue weighted by molar-refractivity contribution is -0.118. The summed E-state index contributed by atoms with van der Waals surface area (Å²) in [6.45, 7) is -0.0459. The number of primary amides is 1. The number of nitrogens with one attached hydrogen (secondary N) is 2. The molecule has 164 valence electrons. The van der Waals surface area contributed by atoms with Crippen molar-refractivity contribution in [3.63, 3.8) is 0 Å². The first-order chi connectivity index (χ1) is 15.4. The van der Waals surface area contributed by atoms with Gasteiger partial charge in [0.25, 0.3) is 5.91 Å². The molecular weight excluding hydrogens is 435 g/mol. The second-order valence-corrected chi connectivity index (χ2v) is 7.84. The monoisotopic (exact) mass is 454 g/mol. The zero-order chi connectivity index (χ0) is 22.8. The number of carbonyl (C=O) groups excluding carboxylic acids is 3. The minimum Gasteiger partial charge on any atom is -0.351 e. The fourth-order valence-electron chi connectivity index (χ4n) is 3.87. The van der Waals surface area contributed by atoms with Gasteiger partial charge in [-0.25, -0.2) is 9.18 Å². The highest BCUT2D eigenvalue weighted by Crippen LogP contribution is 2.30. The van der Waals surface area contributed by atoms with Gasteiger partial charge in [-0.3, -0.25) is 14.2 Å². The number of para-hydroxylation sites is 1. The quantitative estimate of drug-likeness (QED) is 0.540. The van der Waals surface area contributed by atoms with E-state index in [9.17, 15) is 18.8 Å². The third kappa shape index (κ3) is 4.09. The summed E-state index contributed by atoms with van der Waals surface area (Å²) in [6.07, 6.45) is 2.99. The molecule has 1 aromatic heterocycles. The Hall–Kier alpha value is -3.65. The van der Waals surface area contributed by atoms with Gasteiger partial charge in [0.15, 0.2) is 0 Å². The number of halogens is 2. The van der Waals surface area contributed by atoms with Crippen LogP contribution in [0.3, 0.4) is 0 Å². The maximum absolute atomic E-state index is 14.1. The van der Waals surface area contributed by atoms with Crippen molar-refractivity contribution in [2.45, 2.75) is 25.8 Å². The molecule has 32 heavy (non-hydrogen) atoms. The van der Waals surface area contributed by atoms with Crippen molar-refractivity contribution in [2.75, 3.05) is 5.32 Å². The summed E-state index contributed by atoms with van der Waals surface area (Å²) in [4.78, 5) is 37.4. The third-order valence-corrected chi connectivity index (χ3v) is 5.73. The van der Waals surface area contributed by atoms with Crippen LogP contribution in [0.1, 0.15) is 24.8 Å². The molecule has 7 nitrogen and oxygen atoms in total. The van der Waals surface area contributed by atoms with E-state index in [2.05, 4.69) is 10.6 Å². The van der Waals surface area contributed by atoms with Crippen LogP contribution in [0.5, 0.6) is 0 Å². The number of hydrogen-bond donors (Lipinski definition) is 3. The minimum absolute atomic E-state index is 0.0213. The number of amides is 3. The minimum atomic E-state index is -0.671. The van der Waals surface area contributed by atoms with Gasteiger partial charge < -0.3 is 16.4 Å². The van der Waals surface area contributed by atoms with Crippen LogP contribution in [0.2, 0.25) is 5.02 Å². The van der Waals surface area contributed by atoms with Crippen LogP contribution in [0.4, 0.5) is 14.9 Å². The fourth-order valence-corrected chi connectivity index (χ4v) is 4.07. The van der Waals surface area contributed by atoms with Gasteiger partial charge in [-0.1, -0.05) is 41.9 Å². The predicted octanol–water partition coefficient (Wildman–Crippen LogP) is 4.10. The molecular formula is C23H20ClFN4O3. The molecule has 9 heteroatoms. The molecule has 0 saturated heterocycles. The van der Waals surface area contributed by atoms with E-state index in [-0.39, 0.29) is 17.1 Å².